The highest BCUT2D eigenvalue weighted by Crippen LogP contribution is 2.35. The van der Waals surface area contributed by atoms with Gasteiger partial charge in [0.15, 0.2) is 0 Å². The fraction of sp³-hybridized carbons (Fsp3) is 0.111. The van der Waals surface area contributed by atoms with Crippen molar-refractivity contribution in [2.45, 2.75) is 5.88 Å². The van der Waals surface area contributed by atoms with Gasteiger partial charge in [0.05, 0.1) is 10.6 Å². The Kier molecular flexibility index (Phi) is 2.14. The smallest absolute Gasteiger partial charge is 0.141 e. The van der Waals surface area contributed by atoms with Crippen molar-refractivity contribution >= 4 is 33.0 Å². The largest absolute Gasteiger partial charge is 0.506 e. The Labute approximate surface area is 83.4 Å². The number of aromatic hydroxyl groups is 1. The molecule has 13 heavy (non-hydrogen) atoms. The van der Waals surface area contributed by atoms with Gasteiger partial charge in [0, 0.05) is 16.3 Å². The lowest BCUT2D eigenvalue weighted by atomic mass is 10.2. The summed E-state index contributed by atoms with van der Waals surface area (Å²) in [7, 11) is 0. The van der Waals surface area contributed by atoms with Crippen molar-refractivity contribution in [2.24, 2.45) is 0 Å². The van der Waals surface area contributed by atoms with E-state index in [1.165, 1.54) is 16.7 Å². The van der Waals surface area contributed by atoms with Gasteiger partial charge >= 0.3 is 0 Å². The maximum atomic E-state index is 13.0. The molecular weight excluding hydrogens is 211 g/mol. The molecular formula is C9H6ClFOS. The van der Waals surface area contributed by atoms with E-state index >= 15 is 0 Å². The number of halogens is 2. The summed E-state index contributed by atoms with van der Waals surface area (Å²) in [6.07, 6.45) is 0. The highest BCUT2D eigenvalue weighted by Gasteiger charge is 2.10. The van der Waals surface area contributed by atoms with Gasteiger partial charge in [-0.1, -0.05) is 6.07 Å². The first-order valence-corrected chi connectivity index (χ1v) is 5.09. The molecule has 4 heteroatoms. The minimum atomic E-state index is -0.295. The van der Waals surface area contributed by atoms with E-state index in [2.05, 4.69) is 0 Å². The van der Waals surface area contributed by atoms with E-state index in [4.69, 9.17) is 11.6 Å². The Bertz CT molecular complexity index is 452. The molecule has 1 aromatic heterocycles. The number of fused-ring (bicyclic) bond motifs is 1. The molecule has 0 aliphatic carbocycles. The van der Waals surface area contributed by atoms with Crippen LogP contribution in [0.5, 0.6) is 5.75 Å². The number of phenols is 1. The molecule has 1 aromatic carbocycles. The first-order chi connectivity index (χ1) is 6.24. The van der Waals surface area contributed by atoms with Crippen LogP contribution in [-0.4, -0.2) is 5.11 Å². The summed E-state index contributed by atoms with van der Waals surface area (Å²) < 4.78 is 13.6. The van der Waals surface area contributed by atoms with Gasteiger partial charge in [-0.15, -0.1) is 22.9 Å². The van der Waals surface area contributed by atoms with Crippen molar-refractivity contribution < 1.29 is 9.50 Å². The van der Waals surface area contributed by atoms with Gasteiger partial charge in [0.25, 0.3) is 0 Å². The summed E-state index contributed by atoms with van der Waals surface area (Å²) in [6, 6.07) is 3.28. The summed E-state index contributed by atoms with van der Waals surface area (Å²) >= 11 is 6.78. The second kappa shape index (κ2) is 3.16. The number of benzene rings is 1. The minimum Gasteiger partial charge on any atom is -0.506 e. The lowest BCUT2D eigenvalue weighted by Crippen LogP contribution is -1.79. The second-order valence-electron chi connectivity index (χ2n) is 2.67. The molecule has 1 N–H and O–H groups in total. The number of thiophene rings is 1. The molecule has 0 unspecified atom stereocenters. The van der Waals surface area contributed by atoms with Crippen LogP contribution in [0.3, 0.4) is 0 Å². The van der Waals surface area contributed by atoms with E-state index in [1.54, 1.807) is 12.1 Å². The first-order valence-electron chi connectivity index (χ1n) is 3.67. The molecule has 2 rings (SSSR count). The third kappa shape index (κ3) is 1.28. The van der Waals surface area contributed by atoms with Crippen LogP contribution in [0, 0.1) is 5.82 Å². The molecule has 0 radical (unpaired) electrons. The molecule has 0 saturated heterocycles. The molecule has 0 bridgehead atoms. The average molecular weight is 217 g/mol. The van der Waals surface area contributed by atoms with E-state index in [0.29, 0.717) is 15.6 Å². The van der Waals surface area contributed by atoms with Crippen LogP contribution in [-0.2, 0) is 5.88 Å². The molecule has 0 aliphatic rings. The molecule has 0 atom stereocenters. The summed E-state index contributed by atoms with van der Waals surface area (Å²) in [6.45, 7) is 0. The van der Waals surface area contributed by atoms with Crippen molar-refractivity contribution in [1.29, 1.82) is 0 Å². The number of phenolic OH excluding ortho intramolecular Hbond substituents is 1. The first kappa shape index (κ1) is 8.78. The molecule has 68 valence electrons. The predicted octanol–water partition coefficient (Wildman–Crippen LogP) is 3.48. The van der Waals surface area contributed by atoms with Gasteiger partial charge in [-0.3, -0.25) is 0 Å². The monoisotopic (exact) mass is 216 g/mol. The third-order valence-corrected chi connectivity index (χ3v) is 3.16. The van der Waals surface area contributed by atoms with Gasteiger partial charge in [-0.05, 0) is 6.07 Å². The van der Waals surface area contributed by atoms with Gasteiger partial charge in [0.2, 0.25) is 0 Å². The molecule has 2 aromatic rings. The SMILES string of the molecule is Oc1c(CCl)ccc2c(F)csc12. The lowest BCUT2D eigenvalue weighted by Gasteiger charge is -2.00. The number of hydrogen-bond acceptors (Lipinski definition) is 2. The van der Waals surface area contributed by atoms with Crippen molar-refractivity contribution in [2.75, 3.05) is 0 Å². The van der Waals surface area contributed by atoms with E-state index < -0.39 is 0 Å². The van der Waals surface area contributed by atoms with Crippen molar-refractivity contribution in [1.82, 2.24) is 0 Å². The van der Waals surface area contributed by atoms with Crippen molar-refractivity contribution in [3.05, 3.63) is 28.9 Å². The zero-order chi connectivity index (χ0) is 9.42. The van der Waals surface area contributed by atoms with Crippen LogP contribution < -0.4 is 0 Å². The third-order valence-electron chi connectivity index (χ3n) is 1.90. The zero-order valence-electron chi connectivity index (χ0n) is 6.55. The Balaban J connectivity index is 2.80. The molecule has 0 spiro atoms. The average Bonchev–Trinajstić information content (AvgIpc) is 2.50. The maximum Gasteiger partial charge on any atom is 0.141 e. The van der Waals surface area contributed by atoms with Crippen LogP contribution in [0.15, 0.2) is 17.5 Å². The summed E-state index contributed by atoms with van der Waals surface area (Å²) in [4.78, 5) is 0. The van der Waals surface area contributed by atoms with Crippen LogP contribution in [0.1, 0.15) is 5.56 Å². The topological polar surface area (TPSA) is 20.2 Å². The highest BCUT2D eigenvalue weighted by atomic mass is 35.5. The molecule has 0 fully saturated rings. The molecule has 0 amide bonds. The van der Waals surface area contributed by atoms with E-state index in [-0.39, 0.29) is 17.4 Å². The highest BCUT2D eigenvalue weighted by molar-refractivity contribution is 7.17. The predicted molar refractivity (Wildman–Crippen MR) is 53.0 cm³/mol. The van der Waals surface area contributed by atoms with Crippen molar-refractivity contribution in [3.63, 3.8) is 0 Å². The standard InChI is InChI=1S/C9H6ClFOS/c10-3-5-1-2-6-7(11)4-13-9(6)8(5)12/h1-2,4,12H,3H2. The quantitative estimate of drug-likeness (QED) is 0.724. The van der Waals surface area contributed by atoms with Crippen LogP contribution in [0.2, 0.25) is 0 Å². The minimum absolute atomic E-state index is 0.0985. The summed E-state index contributed by atoms with van der Waals surface area (Å²) in [5, 5.41) is 11.5. The number of rotatable bonds is 1. The normalized spacial score (nSPS) is 10.9. The van der Waals surface area contributed by atoms with Gasteiger partial charge < -0.3 is 5.11 Å². The Morgan fingerprint density at radius 1 is 1.46 bits per heavy atom. The van der Waals surface area contributed by atoms with Crippen LogP contribution in [0.25, 0.3) is 10.1 Å². The second-order valence-corrected chi connectivity index (χ2v) is 3.81. The molecule has 1 heterocycles. The Morgan fingerprint density at radius 2 is 2.23 bits per heavy atom. The number of alkyl halides is 1. The fourth-order valence-corrected chi connectivity index (χ4v) is 2.30. The van der Waals surface area contributed by atoms with Crippen LogP contribution >= 0.6 is 22.9 Å². The maximum absolute atomic E-state index is 13.0. The fourth-order valence-electron chi connectivity index (χ4n) is 1.20. The van der Waals surface area contributed by atoms with E-state index in [9.17, 15) is 9.50 Å². The van der Waals surface area contributed by atoms with E-state index in [1.807, 2.05) is 0 Å². The lowest BCUT2D eigenvalue weighted by molar-refractivity contribution is 0.477. The van der Waals surface area contributed by atoms with E-state index in [0.717, 1.165) is 0 Å². The Morgan fingerprint density at radius 3 is 2.92 bits per heavy atom. The van der Waals surface area contributed by atoms with Gasteiger partial charge in [-0.2, -0.15) is 0 Å². The summed E-state index contributed by atoms with van der Waals surface area (Å²) in [5.41, 5.74) is 0.635. The van der Waals surface area contributed by atoms with Gasteiger partial charge in [0.1, 0.15) is 11.6 Å². The number of hydrogen-bond donors (Lipinski definition) is 1. The van der Waals surface area contributed by atoms with Crippen LogP contribution in [0.4, 0.5) is 4.39 Å². The summed E-state index contributed by atoms with van der Waals surface area (Å²) in [5.74, 6) is 0.0409. The Hall–Kier alpha value is -0.800. The van der Waals surface area contributed by atoms with Crippen molar-refractivity contribution in [3.8, 4) is 5.75 Å². The molecule has 0 aliphatic heterocycles. The van der Waals surface area contributed by atoms with Gasteiger partial charge in [-0.25, -0.2) is 4.39 Å². The zero-order valence-corrected chi connectivity index (χ0v) is 8.12. The molecule has 1 nitrogen and oxygen atoms in total. The molecule has 0 saturated carbocycles.